The molecule has 2 nitrogen and oxygen atoms in total. The predicted octanol–water partition coefficient (Wildman–Crippen LogP) is 5.25. The molecular weight excluding hydrogens is 334 g/mol. The van der Waals surface area contributed by atoms with Crippen molar-refractivity contribution in [2.24, 2.45) is 0 Å². The highest BCUT2D eigenvalue weighted by atomic mass is 35.5. The van der Waals surface area contributed by atoms with E-state index in [4.69, 9.17) is 34.8 Å². The lowest BCUT2D eigenvalue weighted by molar-refractivity contribution is 0.627. The molecule has 0 spiro atoms. The molecule has 108 valence electrons. The summed E-state index contributed by atoms with van der Waals surface area (Å²) in [5, 5.41) is 0.470. The second-order valence-electron chi connectivity index (χ2n) is 4.51. The van der Waals surface area contributed by atoms with E-state index < -0.39 is 5.82 Å². The summed E-state index contributed by atoms with van der Waals surface area (Å²) in [5.41, 5.74) is 2.19. The molecule has 0 aliphatic carbocycles. The average molecular weight is 344 g/mol. The number of para-hydroxylation sites is 2. The normalized spacial score (nSPS) is 11.2. The van der Waals surface area contributed by atoms with Crippen LogP contribution in [0.1, 0.15) is 5.82 Å². The van der Waals surface area contributed by atoms with Crippen molar-refractivity contribution in [2.75, 3.05) is 5.88 Å². The highest BCUT2D eigenvalue weighted by Crippen LogP contribution is 2.33. The van der Waals surface area contributed by atoms with E-state index in [1.54, 1.807) is 0 Å². The van der Waals surface area contributed by atoms with E-state index in [0.29, 0.717) is 18.0 Å². The number of alkyl halides is 1. The topological polar surface area (TPSA) is 17.8 Å². The third-order valence-electron chi connectivity index (χ3n) is 3.15. The second kappa shape index (κ2) is 5.84. The maximum Gasteiger partial charge on any atom is 0.126 e. The lowest BCUT2D eigenvalue weighted by atomic mass is 10.2. The molecule has 0 aliphatic heterocycles. The minimum absolute atomic E-state index is 0.235. The standard InChI is InChI=1S/C15H10Cl3FN2/c16-6-5-14-20-12-3-1-2-4-13(12)21(14)15-10(17)7-9(19)8-11(15)18/h1-4,7-8H,5-6H2. The van der Waals surface area contributed by atoms with Gasteiger partial charge in [-0.05, 0) is 24.3 Å². The Morgan fingerprint density at radius 2 is 1.76 bits per heavy atom. The number of halogens is 4. The van der Waals surface area contributed by atoms with Crippen LogP contribution in [0.2, 0.25) is 10.0 Å². The summed E-state index contributed by atoms with van der Waals surface area (Å²) in [7, 11) is 0. The largest absolute Gasteiger partial charge is 0.293 e. The Labute approximate surface area is 136 Å². The van der Waals surface area contributed by atoms with Crippen molar-refractivity contribution in [1.29, 1.82) is 0 Å². The van der Waals surface area contributed by atoms with E-state index in [1.165, 1.54) is 12.1 Å². The number of hydrogen-bond donors (Lipinski definition) is 0. The van der Waals surface area contributed by atoms with Gasteiger partial charge in [-0.2, -0.15) is 0 Å². The van der Waals surface area contributed by atoms with Gasteiger partial charge >= 0.3 is 0 Å². The van der Waals surface area contributed by atoms with E-state index >= 15 is 0 Å². The van der Waals surface area contributed by atoms with Crippen molar-refractivity contribution in [2.45, 2.75) is 6.42 Å². The number of hydrogen-bond acceptors (Lipinski definition) is 1. The summed E-state index contributed by atoms with van der Waals surface area (Å²) in [4.78, 5) is 4.55. The van der Waals surface area contributed by atoms with Gasteiger partial charge in [-0.25, -0.2) is 9.37 Å². The summed E-state index contributed by atoms with van der Waals surface area (Å²) in [5.74, 6) is 0.679. The van der Waals surface area contributed by atoms with Crippen molar-refractivity contribution < 1.29 is 4.39 Å². The lowest BCUT2D eigenvalue weighted by Crippen LogP contribution is -2.04. The molecule has 21 heavy (non-hydrogen) atoms. The van der Waals surface area contributed by atoms with E-state index in [0.717, 1.165) is 16.9 Å². The molecule has 0 N–H and O–H groups in total. The number of rotatable bonds is 3. The molecule has 1 heterocycles. The minimum Gasteiger partial charge on any atom is -0.293 e. The van der Waals surface area contributed by atoms with E-state index in [-0.39, 0.29) is 10.0 Å². The van der Waals surface area contributed by atoms with Crippen LogP contribution in [0.25, 0.3) is 16.7 Å². The maximum absolute atomic E-state index is 13.4. The molecule has 0 aliphatic rings. The SMILES string of the molecule is Fc1cc(Cl)c(-n2c(CCCl)nc3ccccc32)c(Cl)c1. The van der Waals surface area contributed by atoms with Gasteiger partial charge in [-0.3, -0.25) is 4.57 Å². The zero-order valence-corrected chi connectivity index (χ0v) is 13.1. The highest BCUT2D eigenvalue weighted by Gasteiger charge is 2.17. The molecule has 3 aromatic rings. The van der Waals surface area contributed by atoms with E-state index in [9.17, 15) is 4.39 Å². The third-order valence-corrected chi connectivity index (χ3v) is 3.92. The molecule has 0 atom stereocenters. The van der Waals surface area contributed by atoms with Gasteiger partial charge in [-0.1, -0.05) is 35.3 Å². The van der Waals surface area contributed by atoms with Gasteiger partial charge in [-0.15, -0.1) is 11.6 Å². The molecule has 0 bridgehead atoms. The van der Waals surface area contributed by atoms with Crippen LogP contribution in [0.15, 0.2) is 36.4 Å². The smallest absolute Gasteiger partial charge is 0.126 e. The van der Waals surface area contributed by atoms with Gasteiger partial charge in [0, 0.05) is 12.3 Å². The van der Waals surface area contributed by atoms with Crippen LogP contribution in [0.5, 0.6) is 0 Å². The highest BCUT2D eigenvalue weighted by molar-refractivity contribution is 6.37. The molecule has 0 unspecified atom stereocenters. The molecule has 0 fully saturated rings. The fourth-order valence-corrected chi connectivity index (χ4v) is 3.12. The van der Waals surface area contributed by atoms with Gasteiger partial charge in [0.25, 0.3) is 0 Å². The number of nitrogens with zero attached hydrogens (tertiary/aromatic N) is 2. The average Bonchev–Trinajstić information content (AvgIpc) is 2.77. The molecule has 0 amide bonds. The fraction of sp³-hybridized carbons (Fsp3) is 0.133. The van der Waals surface area contributed by atoms with Gasteiger partial charge in [0.2, 0.25) is 0 Å². The third kappa shape index (κ3) is 2.61. The van der Waals surface area contributed by atoms with Crippen molar-refractivity contribution in [1.82, 2.24) is 9.55 Å². The van der Waals surface area contributed by atoms with Crippen LogP contribution >= 0.6 is 34.8 Å². The number of benzene rings is 2. The van der Waals surface area contributed by atoms with Crippen molar-refractivity contribution in [3.8, 4) is 5.69 Å². The zero-order valence-electron chi connectivity index (χ0n) is 10.8. The van der Waals surface area contributed by atoms with Crippen LogP contribution < -0.4 is 0 Å². The number of aryl methyl sites for hydroxylation is 1. The molecule has 2 aromatic carbocycles. The number of fused-ring (bicyclic) bond motifs is 1. The molecular formula is C15H10Cl3FN2. The van der Waals surface area contributed by atoms with E-state index in [1.807, 2.05) is 28.8 Å². The summed E-state index contributed by atoms with van der Waals surface area (Å²) >= 11 is 18.2. The van der Waals surface area contributed by atoms with Crippen LogP contribution in [0.3, 0.4) is 0 Å². The summed E-state index contributed by atoms with van der Waals surface area (Å²) in [6, 6.07) is 10.1. The predicted molar refractivity (Wildman–Crippen MR) is 85.5 cm³/mol. The van der Waals surface area contributed by atoms with Crippen molar-refractivity contribution >= 4 is 45.8 Å². The Balaban J connectivity index is 2.36. The zero-order chi connectivity index (χ0) is 15.0. The first-order valence-electron chi connectivity index (χ1n) is 6.29. The Hall–Kier alpha value is -1.29. The van der Waals surface area contributed by atoms with Gasteiger partial charge in [0.15, 0.2) is 0 Å². The van der Waals surface area contributed by atoms with Crippen LogP contribution in [-0.2, 0) is 6.42 Å². The molecule has 3 rings (SSSR count). The fourth-order valence-electron chi connectivity index (χ4n) is 2.33. The first-order valence-corrected chi connectivity index (χ1v) is 7.58. The second-order valence-corrected chi connectivity index (χ2v) is 5.70. The van der Waals surface area contributed by atoms with Crippen LogP contribution in [-0.4, -0.2) is 15.4 Å². The van der Waals surface area contributed by atoms with Crippen molar-refractivity contribution in [3.63, 3.8) is 0 Å². The van der Waals surface area contributed by atoms with E-state index in [2.05, 4.69) is 4.98 Å². The van der Waals surface area contributed by atoms with Crippen molar-refractivity contribution in [3.05, 3.63) is 58.1 Å². The lowest BCUT2D eigenvalue weighted by Gasteiger charge is -2.12. The van der Waals surface area contributed by atoms with Gasteiger partial charge < -0.3 is 0 Å². The molecule has 0 radical (unpaired) electrons. The summed E-state index contributed by atoms with van der Waals surface area (Å²) in [6.07, 6.45) is 0.556. The Morgan fingerprint density at radius 1 is 1.10 bits per heavy atom. The van der Waals surface area contributed by atoms with Crippen LogP contribution in [0, 0.1) is 5.82 Å². The Bertz CT molecular complexity index is 791. The molecule has 6 heteroatoms. The summed E-state index contributed by atoms with van der Waals surface area (Å²) < 4.78 is 15.2. The maximum atomic E-state index is 13.4. The molecule has 0 saturated carbocycles. The number of imidazole rings is 1. The van der Waals surface area contributed by atoms with Gasteiger partial charge in [0.1, 0.15) is 11.6 Å². The Morgan fingerprint density at radius 3 is 2.43 bits per heavy atom. The Kier molecular flexibility index (Phi) is 4.07. The first-order chi connectivity index (χ1) is 10.1. The van der Waals surface area contributed by atoms with Gasteiger partial charge in [0.05, 0.1) is 26.8 Å². The minimum atomic E-state index is -0.475. The monoisotopic (exact) mass is 342 g/mol. The first kappa shape index (κ1) is 14.6. The quantitative estimate of drug-likeness (QED) is 0.594. The molecule has 1 aromatic heterocycles. The summed E-state index contributed by atoms with van der Waals surface area (Å²) in [6.45, 7) is 0. The number of aromatic nitrogens is 2. The van der Waals surface area contributed by atoms with Crippen LogP contribution in [0.4, 0.5) is 4.39 Å². The molecule has 0 saturated heterocycles.